The van der Waals surface area contributed by atoms with Crippen molar-refractivity contribution in [2.75, 3.05) is 19.0 Å². The minimum atomic E-state index is -3.86. The Morgan fingerprint density at radius 2 is 1.93 bits per heavy atom. The largest absolute Gasteiger partial charge is 0.452 e. The maximum absolute atomic E-state index is 12.1. The van der Waals surface area contributed by atoms with E-state index in [9.17, 15) is 18.0 Å². The lowest BCUT2D eigenvalue weighted by Crippen LogP contribution is -2.22. The molecule has 0 bridgehead atoms. The molecule has 27 heavy (non-hydrogen) atoms. The number of benzene rings is 2. The van der Waals surface area contributed by atoms with Crippen molar-refractivity contribution >= 4 is 39.2 Å². The van der Waals surface area contributed by atoms with Crippen LogP contribution in [0.25, 0.3) is 0 Å². The molecular weight excluding hydrogens is 394 g/mol. The number of sulfonamides is 1. The van der Waals surface area contributed by atoms with E-state index in [0.717, 1.165) is 6.07 Å². The lowest BCUT2D eigenvalue weighted by molar-refractivity contribution is -0.119. The van der Waals surface area contributed by atoms with E-state index < -0.39 is 28.5 Å². The van der Waals surface area contributed by atoms with Crippen molar-refractivity contribution < 1.29 is 22.7 Å². The summed E-state index contributed by atoms with van der Waals surface area (Å²) in [6.07, 6.45) is 0. The van der Waals surface area contributed by atoms with Crippen LogP contribution >= 0.6 is 11.6 Å². The smallest absolute Gasteiger partial charge is 0.338 e. The van der Waals surface area contributed by atoms with Crippen molar-refractivity contribution in [2.45, 2.75) is 4.90 Å². The van der Waals surface area contributed by atoms with E-state index in [1.54, 1.807) is 12.1 Å². The average Bonchev–Trinajstić information content (AvgIpc) is 2.66. The van der Waals surface area contributed by atoms with Crippen molar-refractivity contribution in [1.29, 1.82) is 5.26 Å². The summed E-state index contributed by atoms with van der Waals surface area (Å²) < 4.78 is 30.8. The number of carbonyl (C=O) groups is 2. The standard InChI is InChI=1S/C17H14ClN3O5S/c1-20-27(24,25)15-8-11(6-7-13(15)18)17(23)26-10-16(22)21-14-5-3-2-4-12(14)9-19/h2-8,20H,10H2,1H3,(H,21,22). The molecule has 10 heteroatoms. The van der Waals surface area contributed by atoms with Crippen LogP contribution in [0.1, 0.15) is 15.9 Å². The quantitative estimate of drug-likeness (QED) is 0.704. The van der Waals surface area contributed by atoms with Gasteiger partial charge in [-0.2, -0.15) is 5.26 Å². The highest BCUT2D eigenvalue weighted by molar-refractivity contribution is 7.89. The van der Waals surface area contributed by atoms with Crippen LogP contribution in [0.5, 0.6) is 0 Å². The second-order valence-electron chi connectivity index (χ2n) is 5.13. The van der Waals surface area contributed by atoms with Gasteiger partial charge in [-0.1, -0.05) is 23.7 Å². The third-order valence-electron chi connectivity index (χ3n) is 3.38. The van der Waals surface area contributed by atoms with Gasteiger partial charge in [-0.3, -0.25) is 4.79 Å². The van der Waals surface area contributed by atoms with E-state index in [0.29, 0.717) is 0 Å². The van der Waals surface area contributed by atoms with Crippen molar-refractivity contribution in [2.24, 2.45) is 0 Å². The fourth-order valence-electron chi connectivity index (χ4n) is 2.04. The molecule has 2 N–H and O–H groups in total. The fourth-order valence-corrected chi connectivity index (χ4v) is 3.29. The summed E-state index contributed by atoms with van der Waals surface area (Å²) in [4.78, 5) is 23.7. The molecular formula is C17H14ClN3O5S. The molecule has 0 spiro atoms. The number of ether oxygens (including phenoxy) is 1. The molecule has 0 aliphatic carbocycles. The Morgan fingerprint density at radius 3 is 2.59 bits per heavy atom. The number of nitrogens with one attached hydrogen (secondary N) is 2. The molecule has 2 aromatic rings. The minimum Gasteiger partial charge on any atom is -0.452 e. The van der Waals surface area contributed by atoms with Crippen LogP contribution in [0.15, 0.2) is 47.4 Å². The van der Waals surface area contributed by atoms with E-state index in [4.69, 9.17) is 21.6 Å². The Morgan fingerprint density at radius 1 is 1.22 bits per heavy atom. The van der Waals surface area contributed by atoms with E-state index in [2.05, 4.69) is 10.0 Å². The number of esters is 1. The molecule has 0 aliphatic heterocycles. The molecule has 0 fully saturated rings. The predicted molar refractivity (Wildman–Crippen MR) is 97.8 cm³/mol. The molecule has 2 aromatic carbocycles. The second kappa shape index (κ2) is 8.64. The Labute approximate surface area is 160 Å². The van der Waals surface area contributed by atoms with E-state index in [1.807, 2.05) is 6.07 Å². The topological polar surface area (TPSA) is 125 Å². The predicted octanol–water partition coefficient (Wildman–Crippen LogP) is 1.92. The van der Waals surface area contributed by atoms with Gasteiger partial charge in [0.1, 0.15) is 11.0 Å². The van der Waals surface area contributed by atoms with Gasteiger partial charge in [0, 0.05) is 0 Å². The van der Waals surface area contributed by atoms with E-state index in [1.165, 1.54) is 31.3 Å². The molecule has 0 unspecified atom stereocenters. The van der Waals surface area contributed by atoms with Crippen LogP contribution in [-0.4, -0.2) is 33.9 Å². The first kappa shape index (κ1) is 20.4. The molecule has 2 rings (SSSR count). The zero-order valence-electron chi connectivity index (χ0n) is 14.0. The molecule has 1 amide bonds. The van der Waals surface area contributed by atoms with Crippen LogP contribution < -0.4 is 10.0 Å². The highest BCUT2D eigenvalue weighted by Gasteiger charge is 2.19. The number of hydrogen-bond acceptors (Lipinski definition) is 6. The highest BCUT2D eigenvalue weighted by atomic mass is 35.5. The van der Waals surface area contributed by atoms with Crippen molar-refractivity contribution in [3.8, 4) is 6.07 Å². The van der Waals surface area contributed by atoms with Crippen LogP contribution in [0.3, 0.4) is 0 Å². The van der Waals surface area contributed by atoms with Gasteiger partial charge in [0.2, 0.25) is 10.0 Å². The van der Waals surface area contributed by atoms with Gasteiger partial charge >= 0.3 is 5.97 Å². The van der Waals surface area contributed by atoms with E-state index >= 15 is 0 Å². The summed E-state index contributed by atoms with van der Waals surface area (Å²) in [7, 11) is -2.66. The van der Waals surface area contributed by atoms with Crippen LogP contribution in [0, 0.1) is 11.3 Å². The van der Waals surface area contributed by atoms with Gasteiger partial charge in [0.25, 0.3) is 5.91 Å². The highest BCUT2D eigenvalue weighted by Crippen LogP contribution is 2.22. The Balaban J connectivity index is 2.07. The number of nitriles is 1. The van der Waals surface area contributed by atoms with E-state index in [-0.39, 0.29) is 26.7 Å². The van der Waals surface area contributed by atoms with Gasteiger partial charge < -0.3 is 10.1 Å². The Hall–Kier alpha value is -2.93. The van der Waals surface area contributed by atoms with Gasteiger partial charge in [0.05, 0.1) is 21.8 Å². The molecule has 0 saturated heterocycles. The Kier molecular flexibility index (Phi) is 6.52. The second-order valence-corrected chi connectivity index (χ2v) is 7.40. The third kappa shape index (κ3) is 5.04. The first-order chi connectivity index (χ1) is 12.8. The maximum atomic E-state index is 12.1. The number of hydrogen-bond donors (Lipinski definition) is 2. The summed E-state index contributed by atoms with van der Waals surface area (Å²) in [5, 5.41) is 11.4. The minimum absolute atomic E-state index is 0.0632. The van der Waals surface area contributed by atoms with Crippen LogP contribution in [0.4, 0.5) is 5.69 Å². The molecule has 140 valence electrons. The lowest BCUT2D eigenvalue weighted by atomic mass is 10.2. The molecule has 0 aromatic heterocycles. The zero-order chi connectivity index (χ0) is 20.0. The van der Waals surface area contributed by atoms with Crippen molar-refractivity contribution in [3.63, 3.8) is 0 Å². The molecule has 0 aliphatic rings. The summed E-state index contributed by atoms with van der Waals surface area (Å²) in [5.41, 5.74) is 0.463. The molecule has 0 heterocycles. The maximum Gasteiger partial charge on any atom is 0.338 e. The van der Waals surface area contributed by atoms with Gasteiger partial charge in [-0.05, 0) is 37.4 Å². The lowest BCUT2D eigenvalue weighted by Gasteiger charge is -2.09. The van der Waals surface area contributed by atoms with Crippen molar-refractivity contribution in [3.05, 3.63) is 58.6 Å². The molecule has 0 atom stereocenters. The normalized spacial score (nSPS) is 10.7. The number of rotatable bonds is 6. The molecule has 0 radical (unpaired) electrons. The van der Waals surface area contributed by atoms with Crippen molar-refractivity contribution in [1.82, 2.24) is 4.72 Å². The van der Waals surface area contributed by atoms with Gasteiger partial charge in [-0.25, -0.2) is 17.9 Å². The number of carbonyl (C=O) groups excluding carboxylic acids is 2. The summed E-state index contributed by atoms with van der Waals surface area (Å²) in [6, 6.07) is 11.8. The summed E-state index contributed by atoms with van der Waals surface area (Å²) in [6.45, 7) is -0.616. The monoisotopic (exact) mass is 407 g/mol. The fraction of sp³-hybridized carbons (Fsp3) is 0.118. The number of para-hydroxylation sites is 1. The van der Waals surface area contributed by atoms with Gasteiger partial charge in [-0.15, -0.1) is 0 Å². The number of nitrogens with zero attached hydrogens (tertiary/aromatic N) is 1. The first-order valence-corrected chi connectivity index (χ1v) is 9.34. The van der Waals surface area contributed by atoms with Gasteiger partial charge in [0.15, 0.2) is 6.61 Å². The summed E-state index contributed by atoms with van der Waals surface area (Å²) in [5.74, 6) is -1.55. The first-order valence-electron chi connectivity index (χ1n) is 7.47. The van der Waals surface area contributed by atoms with Crippen LogP contribution in [0.2, 0.25) is 5.02 Å². The zero-order valence-corrected chi connectivity index (χ0v) is 15.6. The van der Waals surface area contributed by atoms with Crippen LogP contribution in [-0.2, 0) is 19.6 Å². The number of anilines is 1. The Bertz CT molecular complexity index is 1030. The molecule has 8 nitrogen and oxygen atoms in total. The SMILES string of the molecule is CNS(=O)(=O)c1cc(C(=O)OCC(=O)Nc2ccccc2C#N)ccc1Cl. The average molecular weight is 408 g/mol. The molecule has 0 saturated carbocycles. The summed E-state index contributed by atoms with van der Waals surface area (Å²) >= 11 is 5.85. The number of amides is 1. The number of halogens is 1. The third-order valence-corrected chi connectivity index (χ3v) is 5.28.